The zero-order chi connectivity index (χ0) is 18.0. The van der Waals surface area contributed by atoms with Gasteiger partial charge in [0.15, 0.2) is 0 Å². The van der Waals surface area contributed by atoms with Gasteiger partial charge in [-0.2, -0.15) is 0 Å². The van der Waals surface area contributed by atoms with Crippen LogP contribution in [0.4, 0.5) is 11.4 Å². The molecule has 0 saturated heterocycles. The first-order valence-electron chi connectivity index (χ1n) is 8.50. The van der Waals surface area contributed by atoms with Crippen molar-refractivity contribution in [2.45, 2.75) is 26.3 Å². The van der Waals surface area contributed by atoms with Crippen LogP contribution in [0.3, 0.4) is 0 Å². The van der Waals surface area contributed by atoms with Crippen LogP contribution in [0.5, 0.6) is 0 Å². The Balaban J connectivity index is 0.00000243. The molecular weight excluding hydrogens is 350 g/mol. The lowest BCUT2D eigenvalue weighted by atomic mass is 9.94. The minimum atomic E-state index is -0.358. The second kappa shape index (κ2) is 8.34. The first kappa shape index (κ1) is 19.9. The predicted molar refractivity (Wildman–Crippen MR) is 107 cm³/mol. The Kier molecular flexibility index (Phi) is 6.40. The van der Waals surface area contributed by atoms with Crippen molar-refractivity contribution in [2.75, 3.05) is 16.8 Å². The Morgan fingerprint density at radius 1 is 1.15 bits per heavy atom. The summed E-state index contributed by atoms with van der Waals surface area (Å²) >= 11 is 0. The number of benzene rings is 2. The summed E-state index contributed by atoms with van der Waals surface area (Å²) in [7, 11) is 0. The molecule has 0 aliphatic carbocycles. The van der Waals surface area contributed by atoms with Crippen LogP contribution in [0, 0.1) is 5.92 Å². The molecule has 5 nitrogen and oxygen atoms in total. The minimum absolute atomic E-state index is 0. The number of carbonyl (C=O) groups excluding carboxylic acids is 2. The second-order valence-corrected chi connectivity index (χ2v) is 6.48. The zero-order valence-corrected chi connectivity index (χ0v) is 15.8. The van der Waals surface area contributed by atoms with Gasteiger partial charge in [-0.3, -0.25) is 9.59 Å². The molecule has 0 bridgehead atoms. The summed E-state index contributed by atoms with van der Waals surface area (Å²) in [5.74, 6) is -0.430. The molecule has 138 valence electrons. The highest BCUT2D eigenvalue weighted by atomic mass is 35.5. The number of hydrogen-bond donors (Lipinski definition) is 2. The van der Waals surface area contributed by atoms with E-state index in [-0.39, 0.29) is 36.2 Å². The summed E-state index contributed by atoms with van der Waals surface area (Å²) in [4.78, 5) is 25.9. The van der Waals surface area contributed by atoms with Crippen molar-refractivity contribution in [2.24, 2.45) is 11.7 Å². The monoisotopic (exact) mass is 373 g/mol. The highest BCUT2D eigenvalue weighted by Crippen LogP contribution is 2.31. The third kappa shape index (κ3) is 4.06. The molecule has 0 fully saturated rings. The third-order valence-electron chi connectivity index (χ3n) is 4.76. The van der Waals surface area contributed by atoms with Crippen LogP contribution < -0.4 is 16.0 Å². The molecule has 3 N–H and O–H groups in total. The number of nitrogens with zero attached hydrogens (tertiary/aromatic N) is 1. The molecule has 2 atom stereocenters. The Bertz CT molecular complexity index is 795. The molecule has 1 aliphatic rings. The number of amides is 2. The zero-order valence-electron chi connectivity index (χ0n) is 14.9. The maximum absolute atomic E-state index is 12.5. The average Bonchev–Trinajstić information content (AvgIpc) is 3.04. The van der Waals surface area contributed by atoms with Gasteiger partial charge in [-0.25, -0.2) is 0 Å². The van der Waals surface area contributed by atoms with Crippen molar-refractivity contribution in [3.05, 3.63) is 59.7 Å². The van der Waals surface area contributed by atoms with Gasteiger partial charge in [0, 0.05) is 30.9 Å². The van der Waals surface area contributed by atoms with Crippen LogP contribution in [-0.2, 0) is 16.0 Å². The molecule has 2 aromatic carbocycles. The number of nitrogens with one attached hydrogen (secondary N) is 1. The number of carbonyl (C=O) groups is 2. The van der Waals surface area contributed by atoms with E-state index in [4.69, 9.17) is 5.73 Å². The molecule has 3 rings (SSSR count). The van der Waals surface area contributed by atoms with Crippen molar-refractivity contribution in [3.63, 3.8) is 0 Å². The van der Waals surface area contributed by atoms with Crippen LogP contribution in [0.15, 0.2) is 48.5 Å². The molecule has 2 aromatic rings. The van der Waals surface area contributed by atoms with Gasteiger partial charge in [-0.15, -0.1) is 12.4 Å². The lowest BCUT2D eigenvalue weighted by molar-refractivity contribution is -0.120. The largest absolute Gasteiger partial charge is 0.326 e. The molecule has 1 aliphatic heterocycles. The van der Waals surface area contributed by atoms with Crippen molar-refractivity contribution in [1.29, 1.82) is 0 Å². The highest BCUT2D eigenvalue weighted by molar-refractivity contribution is 5.96. The van der Waals surface area contributed by atoms with Gasteiger partial charge in [0.2, 0.25) is 11.8 Å². The van der Waals surface area contributed by atoms with Crippen molar-refractivity contribution in [1.82, 2.24) is 0 Å². The van der Waals surface area contributed by atoms with Crippen LogP contribution in [-0.4, -0.2) is 18.4 Å². The maximum Gasteiger partial charge on any atom is 0.229 e. The van der Waals surface area contributed by atoms with Crippen LogP contribution in [0.1, 0.15) is 31.0 Å². The fraction of sp³-hybridized carbons (Fsp3) is 0.300. The van der Waals surface area contributed by atoms with E-state index in [2.05, 4.69) is 5.32 Å². The van der Waals surface area contributed by atoms with E-state index in [0.717, 1.165) is 28.9 Å². The van der Waals surface area contributed by atoms with E-state index in [0.29, 0.717) is 6.54 Å². The van der Waals surface area contributed by atoms with Gasteiger partial charge in [0.25, 0.3) is 0 Å². The van der Waals surface area contributed by atoms with Gasteiger partial charge in [-0.05, 0) is 35.7 Å². The smallest absolute Gasteiger partial charge is 0.229 e. The predicted octanol–water partition coefficient (Wildman–Crippen LogP) is 3.29. The molecule has 2 unspecified atom stereocenters. The topological polar surface area (TPSA) is 75.4 Å². The van der Waals surface area contributed by atoms with Crippen LogP contribution in [0.2, 0.25) is 0 Å². The number of nitrogens with two attached hydrogens (primary N) is 1. The lowest BCUT2D eigenvalue weighted by Gasteiger charge is -2.20. The fourth-order valence-electron chi connectivity index (χ4n) is 3.19. The van der Waals surface area contributed by atoms with Crippen LogP contribution >= 0.6 is 12.4 Å². The van der Waals surface area contributed by atoms with E-state index in [1.54, 1.807) is 11.8 Å². The van der Waals surface area contributed by atoms with E-state index in [1.807, 2.05) is 55.5 Å². The molecule has 26 heavy (non-hydrogen) atoms. The SMILES string of the molecule is CC(=O)N1CCc2cc(NC(=O)C(C)C(N)c3ccccc3)ccc21.Cl. The van der Waals surface area contributed by atoms with E-state index in [1.165, 1.54) is 0 Å². The second-order valence-electron chi connectivity index (χ2n) is 6.48. The van der Waals surface area contributed by atoms with Crippen molar-refractivity contribution < 1.29 is 9.59 Å². The Labute approximate surface area is 160 Å². The maximum atomic E-state index is 12.5. The number of hydrogen-bond acceptors (Lipinski definition) is 3. The number of fused-ring (bicyclic) bond motifs is 1. The lowest BCUT2D eigenvalue weighted by Crippen LogP contribution is -2.30. The standard InChI is InChI=1S/C20H23N3O2.ClH/c1-13(19(21)15-6-4-3-5-7-15)20(25)22-17-8-9-18-16(12-17)10-11-23(18)14(2)24;/h3-9,12-13,19H,10-11,21H2,1-2H3,(H,22,25);1H. The average molecular weight is 374 g/mol. The molecule has 6 heteroatoms. The van der Waals surface area contributed by atoms with Gasteiger partial charge in [-0.1, -0.05) is 37.3 Å². The Morgan fingerprint density at radius 2 is 1.85 bits per heavy atom. The summed E-state index contributed by atoms with van der Waals surface area (Å²) in [5, 5.41) is 2.94. The molecule has 2 amide bonds. The third-order valence-corrected chi connectivity index (χ3v) is 4.76. The normalized spacial score (nSPS) is 14.8. The Morgan fingerprint density at radius 3 is 2.50 bits per heavy atom. The highest BCUT2D eigenvalue weighted by Gasteiger charge is 2.24. The molecule has 0 saturated carbocycles. The van der Waals surface area contributed by atoms with E-state index < -0.39 is 0 Å². The van der Waals surface area contributed by atoms with Gasteiger partial charge in [0.1, 0.15) is 0 Å². The molecule has 0 aromatic heterocycles. The van der Waals surface area contributed by atoms with Gasteiger partial charge < -0.3 is 16.0 Å². The van der Waals surface area contributed by atoms with Crippen molar-refractivity contribution in [3.8, 4) is 0 Å². The number of halogens is 1. The van der Waals surface area contributed by atoms with E-state index >= 15 is 0 Å². The fourth-order valence-corrected chi connectivity index (χ4v) is 3.19. The van der Waals surface area contributed by atoms with Gasteiger partial charge >= 0.3 is 0 Å². The molecule has 0 spiro atoms. The van der Waals surface area contributed by atoms with Crippen LogP contribution in [0.25, 0.3) is 0 Å². The summed E-state index contributed by atoms with van der Waals surface area (Å²) in [6, 6.07) is 14.9. The molecule has 0 radical (unpaired) electrons. The molecule has 1 heterocycles. The van der Waals surface area contributed by atoms with Crippen molar-refractivity contribution >= 4 is 35.6 Å². The minimum Gasteiger partial charge on any atom is -0.326 e. The quantitative estimate of drug-likeness (QED) is 0.863. The summed E-state index contributed by atoms with van der Waals surface area (Å²) in [6.45, 7) is 4.09. The Hall–Kier alpha value is -2.37. The first-order valence-corrected chi connectivity index (χ1v) is 8.50. The number of rotatable bonds is 4. The number of anilines is 2. The summed E-state index contributed by atoms with van der Waals surface area (Å²) in [6.07, 6.45) is 0.803. The first-order chi connectivity index (χ1) is 12.0. The van der Waals surface area contributed by atoms with Gasteiger partial charge in [0.05, 0.1) is 5.92 Å². The molecular formula is C20H24ClN3O2. The summed E-state index contributed by atoms with van der Waals surface area (Å²) < 4.78 is 0. The summed E-state index contributed by atoms with van der Waals surface area (Å²) in [5.41, 5.74) is 9.91. The van der Waals surface area contributed by atoms with E-state index in [9.17, 15) is 9.59 Å².